The number of fused-ring (bicyclic) bond motifs is 1. The van der Waals surface area contributed by atoms with Gasteiger partial charge in [-0.3, -0.25) is 14.1 Å². The van der Waals surface area contributed by atoms with Crippen molar-refractivity contribution >= 4 is 5.65 Å². The Morgan fingerprint density at radius 2 is 2.08 bits per heavy atom. The van der Waals surface area contributed by atoms with Crippen LogP contribution in [-0.2, 0) is 13.6 Å². The molecule has 1 aliphatic heterocycles. The first-order chi connectivity index (χ1) is 11.6. The van der Waals surface area contributed by atoms with E-state index in [0.717, 1.165) is 36.4 Å². The maximum Gasteiger partial charge on any atom is 0.258 e. The topological polar surface area (TPSA) is 42.5 Å². The fraction of sp³-hybridized carbons (Fsp3) is 0.368. The third kappa shape index (κ3) is 2.55. The van der Waals surface area contributed by atoms with Gasteiger partial charge in [-0.05, 0) is 50.1 Å². The summed E-state index contributed by atoms with van der Waals surface area (Å²) in [6.45, 7) is 3.76. The van der Waals surface area contributed by atoms with Crippen molar-refractivity contribution in [2.24, 2.45) is 7.05 Å². The highest BCUT2D eigenvalue weighted by atomic mass is 16.1. The Morgan fingerprint density at radius 1 is 1.25 bits per heavy atom. The molecular weight excluding hydrogens is 300 g/mol. The predicted molar refractivity (Wildman–Crippen MR) is 94.0 cm³/mol. The van der Waals surface area contributed by atoms with E-state index in [4.69, 9.17) is 4.98 Å². The summed E-state index contributed by atoms with van der Waals surface area (Å²) in [6, 6.07) is 10.2. The van der Waals surface area contributed by atoms with Gasteiger partial charge in [0.25, 0.3) is 5.56 Å². The fourth-order valence-electron chi connectivity index (χ4n) is 3.77. The Balaban J connectivity index is 1.68. The Hall–Kier alpha value is -2.40. The summed E-state index contributed by atoms with van der Waals surface area (Å²) < 4.78 is 3.81. The molecule has 0 spiro atoms. The van der Waals surface area contributed by atoms with Crippen LogP contribution in [0, 0.1) is 6.92 Å². The second-order valence-corrected chi connectivity index (χ2v) is 6.64. The minimum atomic E-state index is -0.00619. The van der Waals surface area contributed by atoms with Crippen LogP contribution >= 0.6 is 0 Å². The van der Waals surface area contributed by atoms with Gasteiger partial charge in [0.15, 0.2) is 0 Å². The molecule has 0 aromatic carbocycles. The zero-order chi connectivity index (χ0) is 16.7. The summed E-state index contributed by atoms with van der Waals surface area (Å²) in [5.41, 5.74) is 3.97. The van der Waals surface area contributed by atoms with Gasteiger partial charge in [0.1, 0.15) is 5.65 Å². The quantitative estimate of drug-likeness (QED) is 0.744. The van der Waals surface area contributed by atoms with Gasteiger partial charge in [-0.15, -0.1) is 0 Å². The lowest BCUT2D eigenvalue weighted by Gasteiger charge is -2.24. The van der Waals surface area contributed by atoms with E-state index in [1.807, 2.05) is 19.1 Å². The number of aromatic nitrogens is 3. The van der Waals surface area contributed by atoms with Crippen LogP contribution in [0.5, 0.6) is 0 Å². The van der Waals surface area contributed by atoms with E-state index >= 15 is 0 Å². The van der Waals surface area contributed by atoms with Gasteiger partial charge < -0.3 is 4.57 Å². The highest BCUT2D eigenvalue weighted by molar-refractivity contribution is 5.46. The van der Waals surface area contributed by atoms with Gasteiger partial charge in [0.2, 0.25) is 0 Å². The smallest absolute Gasteiger partial charge is 0.258 e. The van der Waals surface area contributed by atoms with Crippen molar-refractivity contribution in [3.8, 4) is 0 Å². The van der Waals surface area contributed by atoms with E-state index < -0.39 is 0 Å². The molecule has 24 heavy (non-hydrogen) atoms. The highest BCUT2D eigenvalue weighted by Crippen LogP contribution is 2.32. The molecule has 3 aromatic rings. The van der Waals surface area contributed by atoms with Crippen molar-refractivity contribution in [1.82, 2.24) is 18.9 Å². The maximum atomic E-state index is 12.4. The van der Waals surface area contributed by atoms with E-state index in [2.05, 4.69) is 34.8 Å². The molecule has 124 valence electrons. The molecule has 0 amide bonds. The number of pyridine rings is 1. The van der Waals surface area contributed by atoms with E-state index in [-0.39, 0.29) is 5.56 Å². The lowest BCUT2D eigenvalue weighted by molar-refractivity contribution is 0.238. The van der Waals surface area contributed by atoms with Crippen LogP contribution in [0.3, 0.4) is 0 Å². The van der Waals surface area contributed by atoms with Crippen molar-refractivity contribution in [2.75, 3.05) is 6.54 Å². The summed E-state index contributed by atoms with van der Waals surface area (Å²) in [4.78, 5) is 19.6. The molecule has 0 radical (unpaired) electrons. The van der Waals surface area contributed by atoms with Crippen LogP contribution in [-0.4, -0.2) is 25.4 Å². The molecule has 4 rings (SSSR count). The molecule has 0 saturated carbocycles. The Labute approximate surface area is 141 Å². The Kier molecular flexibility index (Phi) is 3.73. The van der Waals surface area contributed by atoms with Crippen molar-refractivity contribution in [3.05, 3.63) is 70.0 Å². The molecule has 3 aromatic heterocycles. The van der Waals surface area contributed by atoms with Crippen molar-refractivity contribution in [3.63, 3.8) is 0 Å². The third-order valence-corrected chi connectivity index (χ3v) is 4.99. The second kappa shape index (κ2) is 5.91. The zero-order valence-corrected chi connectivity index (χ0v) is 14.1. The molecule has 0 unspecified atom stereocenters. The number of likely N-dealkylation sites (tertiary alicyclic amines) is 1. The number of rotatable bonds is 3. The average molecular weight is 322 g/mol. The normalized spacial score (nSPS) is 18.5. The van der Waals surface area contributed by atoms with Crippen LogP contribution in [0.1, 0.15) is 35.8 Å². The number of hydrogen-bond donors (Lipinski definition) is 0. The van der Waals surface area contributed by atoms with Crippen LogP contribution < -0.4 is 5.56 Å². The first-order valence-electron chi connectivity index (χ1n) is 8.46. The van der Waals surface area contributed by atoms with Crippen LogP contribution in [0.4, 0.5) is 0 Å². The van der Waals surface area contributed by atoms with Crippen LogP contribution in [0.15, 0.2) is 47.5 Å². The first-order valence-corrected chi connectivity index (χ1v) is 8.46. The van der Waals surface area contributed by atoms with Gasteiger partial charge in [-0.2, -0.15) is 0 Å². The SMILES string of the molecule is Cc1cccn2c(=O)cc(CN3CCC[C@@H]3c3cccn3C)nc12. The molecule has 0 bridgehead atoms. The standard InChI is InChI=1S/C19H22N4O/c1-14-6-3-11-23-18(24)12-15(20-19(14)23)13-22-10-5-8-17(22)16-7-4-9-21(16)2/h3-4,6-7,9,11-12,17H,5,8,10,13H2,1-2H3/t17-/m1/s1. The van der Waals surface area contributed by atoms with Gasteiger partial charge in [-0.25, -0.2) is 4.98 Å². The molecule has 1 aliphatic rings. The van der Waals surface area contributed by atoms with Gasteiger partial charge in [-0.1, -0.05) is 6.07 Å². The molecule has 1 fully saturated rings. The van der Waals surface area contributed by atoms with Crippen LogP contribution in [0.25, 0.3) is 5.65 Å². The minimum absolute atomic E-state index is 0.00619. The summed E-state index contributed by atoms with van der Waals surface area (Å²) in [7, 11) is 2.09. The summed E-state index contributed by atoms with van der Waals surface area (Å²) in [5, 5.41) is 0. The molecular formula is C19H22N4O. The fourth-order valence-corrected chi connectivity index (χ4v) is 3.77. The summed E-state index contributed by atoms with van der Waals surface area (Å²) >= 11 is 0. The largest absolute Gasteiger partial charge is 0.353 e. The molecule has 5 nitrogen and oxygen atoms in total. The lowest BCUT2D eigenvalue weighted by Crippen LogP contribution is -2.26. The average Bonchev–Trinajstić information content (AvgIpc) is 3.17. The van der Waals surface area contributed by atoms with E-state index in [1.165, 1.54) is 12.1 Å². The molecule has 4 heterocycles. The van der Waals surface area contributed by atoms with E-state index in [0.29, 0.717) is 6.04 Å². The molecule has 0 N–H and O–H groups in total. The predicted octanol–water partition coefficient (Wildman–Crippen LogP) is 2.68. The number of nitrogens with zero attached hydrogens (tertiary/aromatic N) is 4. The van der Waals surface area contributed by atoms with Crippen molar-refractivity contribution in [2.45, 2.75) is 32.4 Å². The Bertz CT molecular complexity index is 940. The Morgan fingerprint density at radius 3 is 2.88 bits per heavy atom. The van der Waals surface area contributed by atoms with Crippen molar-refractivity contribution < 1.29 is 0 Å². The zero-order valence-electron chi connectivity index (χ0n) is 14.1. The number of aryl methyl sites for hydroxylation is 2. The van der Waals surface area contributed by atoms with Crippen LogP contribution in [0.2, 0.25) is 0 Å². The van der Waals surface area contributed by atoms with Gasteiger partial charge >= 0.3 is 0 Å². The monoisotopic (exact) mass is 322 g/mol. The van der Waals surface area contributed by atoms with E-state index in [9.17, 15) is 4.79 Å². The maximum absolute atomic E-state index is 12.4. The first kappa shape index (κ1) is 15.1. The summed E-state index contributed by atoms with van der Waals surface area (Å²) in [6.07, 6.45) is 6.21. The minimum Gasteiger partial charge on any atom is -0.353 e. The molecule has 0 aliphatic carbocycles. The van der Waals surface area contributed by atoms with Gasteiger partial charge in [0, 0.05) is 37.7 Å². The lowest BCUT2D eigenvalue weighted by atomic mass is 10.1. The van der Waals surface area contributed by atoms with E-state index in [1.54, 1.807) is 16.7 Å². The third-order valence-electron chi connectivity index (χ3n) is 4.99. The number of hydrogen-bond acceptors (Lipinski definition) is 3. The molecule has 1 saturated heterocycles. The molecule has 1 atom stereocenters. The van der Waals surface area contributed by atoms with Crippen molar-refractivity contribution in [1.29, 1.82) is 0 Å². The van der Waals surface area contributed by atoms with Gasteiger partial charge in [0.05, 0.1) is 11.7 Å². The highest BCUT2D eigenvalue weighted by Gasteiger charge is 2.28. The molecule has 5 heteroatoms. The summed E-state index contributed by atoms with van der Waals surface area (Å²) in [5.74, 6) is 0. The second-order valence-electron chi connectivity index (χ2n) is 6.64.